The van der Waals surface area contributed by atoms with Gasteiger partial charge in [0.15, 0.2) is 0 Å². The Morgan fingerprint density at radius 3 is 2.71 bits per heavy atom. The molecule has 0 aromatic heterocycles. The van der Waals surface area contributed by atoms with E-state index in [0.717, 1.165) is 12.8 Å². The molecule has 2 N–H and O–H groups in total. The lowest BCUT2D eigenvalue weighted by Gasteiger charge is -2.49. The molecule has 3 aliphatic carbocycles. The molecule has 128 valence electrons. The second-order valence-electron chi connectivity index (χ2n) is 8.82. The standard InChI is InChI=1S/C22H28O2/c1-22(2)10-9-18-19(14-3-6-16(23)7-4-14)11-15-5-8-17(24)12-20(15)21(18)13-22/h3,5-8,12,14,18-19,21,23-24H,4,9-11,13H2,1-2H3/t14?,18-,19+,21-/m1/s1. The van der Waals surface area contributed by atoms with Crippen molar-refractivity contribution in [3.05, 3.63) is 53.3 Å². The van der Waals surface area contributed by atoms with Crippen molar-refractivity contribution in [1.82, 2.24) is 0 Å². The summed E-state index contributed by atoms with van der Waals surface area (Å²) in [4.78, 5) is 0. The van der Waals surface area contributed by atoms with Crippen molar-refractivity contribution in [2.75, 3.05) is 0 Å². The number of aromatic hydroxyl groups is 1. The summed E-state index contributed by atoms with van der Waals surface area (Å²) in [5.74, 6) is 3.23. The summed E-state index contributed by atoms with van der Waals surface area (Å²) >= 11 is 0. The third-order valence-electron chi connectivity index (χ3n) is 6.64. The van der Waals surface area contributed by atoms with Crippen LogP contribution >= 0.6 is 0 Å². The molecule has 2 nitrogen and oxygen atoms in total. The van der Waals surface area contributed by atoms with E-state index in [0.29, 0.717) is 40.6 Å². The van der Waals surface area contributed by atoms with E-state index in [2.05, 4.69) is 26.0 Å². The molecule has 2 heteroatoms. The summed E-state index contributed by atoms with van der Waals surface area (Å²) in [7, 11) is 0. The molecule has 1 aromatic carbocycles. The molecule has 24 heavy (non-hydrogen) atoms. The van der Waals surface area contributed by atoms with E-state index in [4.69, 9.17) is 0 Å². The number of allylic oxidation sites excluding steroid dienone is 3. The van der Waals surface area contributed by atoms with Crippen LogP contribution in [-0.2, 0) is 6.42 Å². The van der Waals surface area contributed by atoms with Gasteiger partial charge in [0.1, 0.15) is 11.5 Å². The van der Waals surface area contributed by atoms with E-state index in [1.165, 1.54) is 30.4 Å². The quantitative estimate of drug-likeness (QED) is 0.717. The van der Waals surface area contributed by atoms with Gasteiger partial charge in [-0.15, -0.1) is 0 Å². The maximum Gasteiger partial charge on any atom is 0.115 e. The summed E-state index contributed by atoms with van der Waals surface area (Å²) < 4.78 is 0. The number of phenols is 1. The second-order valence-corrected chi connectivity index (χ2v) is 8.82. The van der Waals surface area contributed by atoms with Crippen LogP contribution in [0.5, 0.6) is 5.75 Å². The molecule has 0 spiro atoms. The minimum atomic E-state index is 0.381. The molecular formula is C22H28O2. The summed E-state index contributed by atoms with van der Waals surface area (Å²) in [6.07, 6.45) is 11.9. The number of hydrogen-bond donors (Lipinski definition) is 2. The van der Waals surface area contributed by atoms with Crippen molar-refractivity contribution in [2.45, 2.75) is 51.9 Å². The van der Waals surface area contributed by atoms with Gasteiger partial charge >= 0.3 is 0 Å². The fourth-order valence-corrected chi connectivity index (χ4v) is 5.39. The van der Waals surface area contributed by atoms with Crippen LogP contribution in [0.1, 0.15) is 56.6 Å². The highest BCUT2D eigenvalue weighted by Crippen LogP contribution is 2.55. The molecule has 0 amide bonds. The first-order valence-electron chi connectivity index (χ1n) is 9.32. The molecule has 1 unspecified atom stereocenters. The summed E-state index contributed by atoms with van der Waals surface area (Å²) in [5, 5.41) is 19.7. The number of aliphatic hydroxyl groups excluding tert-OH is 1. The first-order valence-corrected chi connectivity index (χ1v) is 9.32. The maximum atomic E-state index is 10.0. The lowest BCUT2D eigenvalue weighted by Crippen LogP contribution is -2.40. The first kappa shape index (κ1) is 15.8. The van der Waals surface area contributed by atoms with E-state index < -0.39 is 0 Å². The molecular weight excluding hydrogens is 296 g/mol. The molecule has 0 bridgehead atoms. The van der Waals surface area contributed by atoms with Crippen LogP contribution in [-0.4, -0.2) is 10.2 Å². The normalized spacial score (nSPS) is 34.2. The van der Waals surface area contributed by atoms with Crippen LogP contribution in [0.4, 0.5) is 0 Å². The number of benzene rings is 1. The lowest BCUT2D eigenvalue weighted by atomic mass is 9.55. The van der Waals surface area contributed by atoms with Crippen LogP contribution in [0, 0.1) is 23.2 Å². The van der Waals surface area contributed by atoms with Gasteiger partial charge in [0.05, 0.1) is 0 Å². The van der Waals surface area contributed by atoms with Gasteiger partial charge < -0.3 is 10.2 Å². The van der Waals surface area contributed by atoms with Gasteiger partial charge in [0.25, 0.3) is 0 Å². The van der Waals surface area contributed by atoms with Gasteiger partial charge in [-0.2, -0.15) is 0 Å². The minimum Gasteiger partial charge on any atom is -0.508 e. The van der Waals surface area contributed by atoms with E-state index in [1.807, 2.05) is 24.3 Å². The predicted octanol–water partition coefficient (Wildman–Crippen LogP) is 5.49. The molecule has 0 saturated heterocycles. The Hall–Kier alpha value is -1.70. The molecule has 0 radical (unpaired) electrons. The predicted molar refractivity (Wildman–Crippen MR) is 97.1 cm³/mol. The molecule has 0 aliphatic heterocycles. The molecule has 4 rings (SSSR count). The zero-order valence-corrected chi connectivity index (χ0v) is 14.7. The van der Waals surface area contributed by atoms with Gasteiger partial charge in [-0.05, 0) is 96.6 Å². The van der Waals surface area contributed by atoms with Gasteiger partial charge in [0, 0.05) is 0 Å². The number of hydrogen-bond acceptors (Lipinski definition) is 2. The summed E-state index contributed by atoms with van der Waals surface area (Å²) in [6.45, 7) is 4.77. The average Bonchev–Trinajstić information content (AvgIpc) is 2.54. The highest BCUT2D eigenvalue weighted by Gasteiger charge is 2.44. The molecule has 3 aliphatic rings. The van der Waals surface area contributed by atoms with Crippen molar-refractivity contribution in [2.24, 2.45) is 23.2 Å². The van der Waals surface area contributed by atoms with E-state index in [1.54, 1.807) is 0 Å². The monoisotopic (exact) mass is 324 g/mol. The third-order valence-corrected chi connectivity index (χ3v) is 6.64. The van der Waals surface area contributed by atoms with Crippen LogP contribution in [0.2, 0.25) is 0 Å². The van der Waals surface area contributed by atoms with Crippen molar-refractivity contribution in [1.29, 1.82) is 0 Å². The van der Waals surface area contributed by atoms with Crippen LogP contribution in [0.3, 0.4) is 0 Å². The Balaban J connectivity index is 1.71. The topological polar surface area (TPSA) is 40.5 Å². The highest BCUT2D eigenvalue weighted by atomic mass is 16.3. The SMILES string of the molecule is CC1(C)CC[C@H]2[C@@H](C1)c1cc(O)ccc1C[C@H]2C1C=CC(O)=CC1. The Labute approximate surface area is 144 Å². The first-order chi connectivity index (χ1) is 11.4. The second kappa shape index (κ2) is 5.68. The molecule has 4 atom stereocenters. The number of aliphatic hydroxyl groups is 1. The summed E-state index contributed by atoms with van der Waals surface area (Å²) in [5.41, 5.74) is 3.19. The van der Waals surface area contributed by atoms with E-state index >= 15 is 0 Å². The van der Waals surface area contributed by atoms with Gasteiger partial charge in [-0.1, -0.05) is 26.0 Å². The van der Waals surface area contributed by atoms with Gasteiger partial charge in [0.2, 0.25) is 0 Å². The number of fused-ring (bicyclic) bond motifs is 3. The van der Waals surface area contributed by atoms with Crippen LogP contribution in [0.25, 0.3) is 0 Å². The van der Waals surface area contributed by atoms with Crippen molar-refractivity contribution in [3.63, 3.8) is 0 Å². The smallest absolute Gasteiger partial charge is 0.115 e. The fourth-order valence-electron chi connectivity index (χ4n) is 5.39. The van der Waals surface area contributed by atoms with Crippen molar-refractivity contribution >= 4 is 0 Å². The minimum absolute atomic E-state index is 0.381. The van der Waals surface area contributed by atoms with Crippen molar-refractivity contribution in [3.8, 4) is 5.75 Å². The molecule has 1 fully saturated rings. The Kier molecular flexibility index (Phi) is 3.74. The number of phenolic OH excluding ortho intramolecular Hbond substituents is 1. The van der Waals surface area contributed by atoms with E-state index in [-0.39, 0.29) is 0 Å². The van der Waals surface area contributed by atoms with Gasteiger partial charge in [-0.25, -0.2) is 0 Å². The largest absolute Gasteiger partial charge is 0.508 e. The third kappa shape index (κ3) is 2.76. The number of rotatable bonds is 1. The Bertz CT molecular complexity index is 698. The maximum absolute atomic E-state index is 10.0. The highest BCUT2D eigenvalue weighted by molar-refractivity contribution is 5.41. The summed E-state index contributed by atoms with van der Waals surface area (Å²) in [6, 6.07) is 6.00. The van der Waals surface area contributed by atoms with Crippen molar-refractivity contribution < 1.29 is 10.2 Å². The van der Waals surface area contributed by atoms with Crippen LogP contribution in [0.15, 0.2) is 42.2 Å². The average molecular weight is 324 g/mol. The molecule has 1 saturated carbocycles. The lowest BCUT2D eigenvalue weighted by molar-refractivity contribution is 0.0898. The molecule has 1 aromatic rings. The Morgan fingerprint density at radius 1 is 1.12 bits per heavy atom. The zero-order chi connectivity index (χ0) is 16.9. The van der Waals surface area contributed by atoms with Crippen LogP contribution < -0.4 is 0 Å². The molecule has 0 heterocycles. The zero-order valence-electron chi connectivity index (χ0n) is 14.7. The fraction of sp³-hybridized carbons (Fsp3) is 0.545. The van der Waals surface area contributed by atoms with E-state index in [9.17, 15) is 10.2 Å². The van der Waals surface area contributed by atoms with Gasteiger partial charge in [-0.3, -0.25) is 0 Å². The Morgan fingerprint density at radius 2 is 1.96 bits per heavy atom.